The topological polar surface area (TPSA) is 40.5 Å². The second-order valence-electron chi connectivity index (χ2n) is 4.66. The molecule has 0 bridgehead atoms. The summed E-state index contributed by atoms with van der Waals surface area (Å²) in [6.07, 6.45) is 2.85. The van der Waals surface area contributed by atoms with Gasteiger partial charge in [0.05, 0.1) is 0 Å². The highest BCUT2D eigenvalue weighted by Gasteiger charge is 2.14. The Labute approximate surface area is 75.6 Å². The molecule has 0 fully saturated rings. The average molecular weight is 174 g/mol. The molecule has 0 aliphatic heterocycles. The van der Waals surface area contributed by atoms with Gasteiger partial charge < -0.3 is 10.2 Å². The summed E-state index contributed by atoms with van der Waals surface area (Å²) in [4.78, 5) is 0. The lowest BCUT2D eigenvalue weighted by Crippen LogP contribution is -2.13. The van der Waals surface area contributed by atoms with E-state index < -0.39 is 0 Å². The van der Waals surface area contributed by atoms with Crippen molar-refractivity contribution in [3.05, 3.63) is 0 Å². The smallest absolute Gasteiger partial charge is 0.0460 e. The first kappa shape index (κ1) is 11.9. The van der Waals surface area contributed by atoms with Crippen LogP contribution >= 0.6 is 0 Å². The van der Waals surface area contributed by atoms with E-state index in [2.05, 4.69) is 20.8 Å². The predicted octanol–water partition coefficient (Wildman–Crippen LogP) is 1.80. The van der Waals surface area contributed by atoms with E-state index in [1.165, 1.54) is 0 Å². The molecule has 0 saturated carbocycles. The van der Waals surface area contributed by atoms with Crippen LogP contribution in [0, 0.1) is 11.3 Å². The van der Waals surface area contributed by atoms with E-state index in [1.54, 1.807) is 0 Å². The van der Waals surface area contributed by atoms with Crippen molar-refractivity contribution in [3.63, 3.8) is 0 Å². The molecule has 0 rings (SSSR count). The highest BCUT2D eigenvalue weighted by Crippen LogP contribution is 2.24. The summed E-state index contributed by atoms with van der Waals surface area (Å²) in [5, 5.41) is 17.6. The lowest BCUT2D eigenvalue weighted by atomic mass is 9.86. The van der Waals surface area contributed by atoms with Crippen LogP contribution in [-0.2, 0) is 0 Å². The van der Waals surface area contributed by atoms with Crippen molar-refractivity contribution in [3.8, 4) is 0 Å². The molecule has 1 atom stereocenters. The summed E-state index contributed by atoms with van der Waals surface area (Å²) in [7, 11) is 0. The highest BCUT2D eigenvalue weighted by atomic mass is 16.3. The Morgan fingerprint density at radius 3 is 2.00 bits per heavy atom. The second-order valence-corrected chi connectivity index (χ2v) is 4.66. The summed E-state index contributed by atoms with van der Waals surface area (Å²) in [5.74, 6) is 0.286. The molecule has 0 amide bonds. The predicted molar refractivity (Wildman–Crippen MR) is 51.0 cm³/mol. The maximum Gasteiger partial charge on any atom is 0.0460 e. The number of rotatable bonds is 5. The largest absolute Gasteiger partial charge is 0.396 e. The van der Waals surface area contributed by atoms with E-state index in [9.17, 15) is 0 Å². The van der Waals surface area contributed by atoms with Crippen molar-refractivity contribution in [2.75, 3.05) is 13.2 Å². The van der Waals surface area contributed by atoms with Crippen molar-refractivity contribution >= 4 is 0 Å². The van der Waals surface area contributed by atoms with Gasteiger partial charge in [0.1, 0.15) is 0 Å². The molecule has 74 valence electrons. The number of hydrogen-bond donors (Lipinski definition) is 2. The van der Waals surface area contributed by atoms with Gasteiger partial charge >= 0.3 is 0 Å². The molecule has 0 heterocycles. The van der Waals surface area contributed by atoms with E-state index >= 15 is 0 Å². The van der Waals surface area contributed by atoms with Crippen molar-refractivity contribution in [1.82, 2.24) is 0 Å². The molecule has 0 unspecified atom stereocenters. The first-order valence-corrected chi connectivity index (χ1v) is 4.71. The zero-order valence-corrected chi connectivity index (χ0v) is 8.51. The molecule has 0 aromatic rings. The minimum Gasteiger partial charge on any atom is -0.396 e. The van der Waals surface area contributed by atoms with Crippen LogP contribution in [0.4, 0.5) is 0 Å². The van der Waals surface area contributed by atoms with Crippen LogP contribution in [0.25, 0.3) is 0 Å². The molecule has 0 aromatic carbocycles. The van der Waals surface area contributed by atoms with Gasteiger partial charge in [-0.1, -0.05) is 20.8 Å². The molecule has 0 radical (unpaired) electrons. The summed E-state index contributed by atoms with van der Waals surface area (Å²) in [6.45, 7) is 6.98. The Morgan fingerprint density at radius 2 is 1.67 bits per heavy atom. The second kappa shape index (κ2) is 5.55. The SMILES string of the molecule is CC(C)(C)CC[C@H](CO)CCO. The highest BCUT2D eigenvalue weighted by molar-refractivity contribution is 4.65. The van der Waals surface area contributed by atoms with E-state index in [4.69, 9.17) is 10.2 Å². The van der Waals surface area contributed by atoms with E-state index in [-0.39, 0.29) is 19.1 Å². The van der Waals surface area contributed by atoms with Gasteiger partial charge in [0.2, 0.25) is 0 Å². The quantitative estimate of drug-likeness (QED) is 0.667. The molecule has 2 N–H and O–H groups in total. The lowest BCUT2D eigenvalue weighted by molar-refractivity contribution is 0.164. The van der Waals surface area contributed by atoms with Gasteiger partial charge in [-0.15, -0.1) is 0 Å². The van der Waals surface area contributed by atoms with Gasteiger partial charge in [0.15, 0.2) is 0 Å². The van der Waals surface area contributed by atoms with Crippen LogP contribution in [0.2, 0.25) is 0 Å². The monoisotopic (exact) mass is 174 g/mol. The fourth-order valence-electron chi connectivity index (χ4n) is 1.15. The fourth-order valence-corrected chi connectivity index (χ4v) is 1.15. The minimum atomic E-state index is 0.190. The summed E-state index contributed by atoms with van der Waals surface area (Å²) in [6, 6.07) is 0. The zero-order valence-electron chi connectivity index (χ0n) is 8.51. The third-order valence-electron chi connectivity index (χ3n) is 2.10. The van der Waals surface area contributed by atoms with Gasteiger partial charge in [0.25, 0.3) is 0 Å². The maximum absolute atomic E-state index is 8.94. The summed E-state index contributed by atoms with van der Waals surface area (Å²) >= 11 is 0. The van der Waals surface area contributed by atoms with Crippen molar-refractivity contribution in [2.45, 2.75) is 40.0 Å². The molecular formula is C10H22O2. The summed E-state index contributed by atoms with van der Waals surface area (Å²) in [5.41, 5.74) is 0.336. The van der Waals surface area contributed by atoms with Gasteiger partial charge in [-0.05, 0) is 30.6 Å². The average Bonchev–Trinajstić information content (AvgIpc) is 1.96. The Morgan fingerprint density at radius 1 is 1.08 bits per heavy atom. The molecule has 0 aromatic heterocycles. The number of aliphatic hydroxyl groups excluding tert-OH is 2. The van der Waals surface area contributed by atoms with Crippen LogP contribution in [-0.4, -0.2) is 23.4 Å². The Kier molecular flexibility index (Phi) is 5.51. The third kappa shape index (κ3) is 6.62. The molecule has 2 heteroatoms. The Bertz CT molecular complexity index is 105. The molecule has 0 spiro atoms. The van der Waals surface area contributed by atoms with Gasteiger partial charge in [-0.2, -0.15) is 0 Å². The van der Waals surface area contributed by atoms with Crippen LogP contribution in [0.15, 0.2) is 0 Å². The molecule has 12 heavy (non-hydrogen) atoms. The van der Waals surface area contributed by atoms with Crippen LogP contribution in [0.5, 0.6) is 0 Å². The number of hydrogen-bond acceptors (Lipinski definition) is 2. The summed E-state index contributed by atoms with van der Waals surface area (Å²) < 4.78 is 0. The van der Waals surface area contributed by atoms with Crippen molar-refractivity contribution in [1.29, 1.82) is 0 Å². The number of aliphatic hydroxyl groups is 2. The fraction of sp³-hybridized carbons (Fsp3) is 1.00. The van der Waals surface area contributed by atoms with Gasteiger partial charge in [-0.3, -0.25) is 0 Å². The first-order chi connectivity index (χ1) is 5.49. The standard InChI is InChI=1S/C10H22O2/c1-10(2,3)6-4-9(8-12)5-7-11/h9,11-12H,4-8H2,1-3H3/t9-/m0/s1. The van der Waals surface area contributed by atoms with E-state index in [0.717, 1.165) is 19.3 Å². The first-order valence-electron chi connectivity index (χ1n) is 4.71. The molecular weight excluding hydrogens is 152 g/mol. The van der Waals surface area contributed by atoms with Gasteiger partial charge in [0, 0.05) is 13.2 Å². The molecule has 0 saturated heterocycles. The van der Waals surface area contributed by atoms with Crippen LogP contribution < -0.4 is 0 Å². The normalized spacial score (nSPS) is 14.8. The molecule has 0 aliphatic rings. The molecule has 0 aliphatic carbocycles. The minimum absolute atomic E-state index is 0.190. The maximum atomic E-state index is 8.94. The lowest BCUT2D eigenvalue weighted by Gasteiger charge is -2.21. The van der Waals surface area contributed by atoms with Gasteiger partial charge in [-0.25, -0.2) is 0 Å². The van der Waals surface area contributed by atoms with Crippen molar-refractivity contribution < 1.29 is 10.2 Å². The van der Waals surface area contributed by atoms with E-state index in [1.807, 2.05) is 0 Å². The Hall–Kier alpha value is -0.0800. The zero-order chi connectivity index (χ0) is 9.61. The van der Waals surface area contributed by atoms with E-state index in [0.29, 0.717) is 5.41 Å². The third-order valence-corrected chi connectivity index (χ3v) is 2.10. The van der Waals surface area contributed by atoms with Crippen LogP contribution in [0.3, 0.4) is 0 Å². The molecule has 2 nitrogen and oxygen atoms in total. The Balaban J connectivity index is 3.58. The van der Waals surface area contributed by atoms with Crippen LogP contribution in [0.1, 0.15) is 40.0 Å². The van der Waals surface area contributed by atoms with Crippen molar-refractivity contribution in [2.24, 2.45) is 11.3 Å².